The molecule has 0 aromatic carbocycles. The number of hydrogen-bond acceptors (Lipinski definition) is 12. The second kappa shape index (κ2) is 12.1. The third-order valence-electron chi connectivity index (χ3n) is 6.64. The van der Waals surface area contributed by atoms with Crippen LogP contribution in [0, 0.1) is 0 Å². The van der Waals surface area contributed by atoms with Crippen LogP contribution in [0.15, 0.2) is 41.0 Å². The fourth-order valence-electron chi connectivity index (χ4n) is 4.35. The van der Waals surface area contributed by atoms with E-state index in [-0.39, 0.29) is 27.4 Å². The van der Waals surface area contributed by atoms with Crippen LogP contribution in [-0.4, -0.2) is 92.0 Å². The van der Waals surface area contributed by atoms with Gasteiger partial charge in [-0.2, -0.15) is 0 Å². The topological polar surface area (TPSA) is 212 Å². The summed E-state index contributed by atoms with van der Waals surface area (Å²) in [5, 5.41) is 31.2. The maximum absolute atomic E-state index is 13.2. The number of nitrogens with two attached hydrogens (primary N) is 1. The lowest BCUT2D eigenvalue weighted by atomic mass is 10.0. The first-order chi connectivity index (χ1) is 20.0. The number of rotatable bonds is 11. The molecule has 3 aliphatic rings. The van der Waals surface area contributed by atoms with Crippen LogP contribution in [-0.2, 0) is 30.6 Å². The number of carboxylic acid groups (broad SMARTS) is 2. The molecule has 5 heterocycles. The lowest BCUT2D eigenvalue weighted by Gasteiger charge is -2.49. The van der Waals surface area contributed by atoms with Gasteiger partial charge in [0.05, 0.1) is 6.04 Å². The first-order valence-electron chi connectivity index (χ1n) is 12.6. The summed E-state index contributed by atoms with van der Waals surface area (Å²) in [5.74, 6) is -3.83. The molecule has 3 atom stereocenters. The number of aromatic nitrogens is 2. The number of pyridine rings is 1. The molecule has 0 unspecified atom stereocenters. The first-order valence-corrected chi connectivity index (χ1v) is 14.8. The smallest absolute Gasteiger partial charge is 0.352 e. The molecule has 7 N–H and O–H groups in total. The molecule has 222 valence electrons. The third-order valence-corrected chi connectivity index (χ3v) is 9.07. The Labute approximate surface area is 251 Å². The number of amides is 2. The van der Waals surface area contributed by atoms with Crippen LogP contribution in [0.4, 0.5) is 10.8 Å². The van der Waals surface area contributed by atoms with Crippen molar-refractivity contribution in [3.8, 4) is 0 Å². The van der Waals surface area contributed by atoms with Gasteiger partial charge < -0.3 is 36.7 Å². The minimum atomic E-state index is -1.40. The van der Waals surface area contributed by atoms with Gasteiger partial charge in [0.25, 0.3) is 11.8 Å². The number of thioether (sulfide) groups is 1. The van der Waals surface area contributed by atoms with Crippen molar-refractivity contribution >= 4 is 75.0 Å². The number of β-lactam (4-membered cyclic amide) rings is 1. The highest BCUT2D eigenvalue weighted by Crippen LogP contribution is 2.40. The molecule has 0 radical (unpaired) electrons. The van der Waals surface area contributed by atoms with Crippen LogP contribution >= 0.6 is 34.7 Å². The highest BCUT2D eigenvalue weighted by atomic mass is 35.5. The Morgan fingerprint density at radius 2 is 2.05 bits per heavy atom. The fraction of sp³-hybridized carbons (Fsp3) is 0.375. The number of nitrogens with zero attached hydrogens (tertiary/aromatic N) is 4. The largest absolute Gasteiger partial charge is 0.478 e. The van der Waals surface area contributed by atoms with E-state index in [1.807, 2.05) is 29.1 Å². The van der Waals surface area contributed by atoms with Crippen LogP contribution in [0.3, 0.4) is 0 Å². The van der Waals surface area contributed by atoms with Crippen molar-refractivity contribution in [1.82, 2.24) is 20.5 Å². The highest BCUT2D eigenvalue weighted by Gasteiger charge is 2.55. The molecule has 0 saturated carbocycles. The standard InChI is InChI=1S/C24H25ClN8O7S2/c1-10(22(36)37)40-31-15(14-18(25)42-24(26)30-14)19(34)29-16-20(35)33-17(23(38)39)11(9-41-21(16)33)8-32-4-2-12(3-5-32)28-13-6-27-7-13/h2-5,10,13,16,21,27H,6-9H2,1H3,(H5,26,29,30,34,36,37,38,39)/p+1/t10-,16+,21+/m0/s1. The van der Waals surface area contributed by atoms with Gasteiger partial charge in [-0.1, -0.05) is 28.1 Å². The minimum absolute atomic E-state index is 0.00341. The molecule has 2 amide bonds. The zero-order valence-electron chi connectivity index (χ0n) is 21.9. The van der Waals surface area contributed by atoms with Gasteiger partial charge in [-0.05, 0) is 6.92 Å². The summed E-state index contributed by atoms with van der Waals surface area (Å²) in [4.78, 5) is 59.9. The number of anilines is 2. The summed E-state index contributed by atoms with van der Waals surface area (Å²) >= 11 is 8.31. The van der Waals surface area contributed by atoms with Crippen molar-refractivity contribution in [2.24, 2.45) is 5.16 Å². The maximum Gasteiger partial charge on any atom is 0.352 e. The van der Waals surface area contributed by atoms with E-state index in [2.05, 4.69) is 26.1 Å². The van der Waals surface area contributed by atoms with Crippen LogP contribution < -0.4 is 26.3 Å². The van der Waals surface area contributed by atoms with E-state index in [0.717, 1.165) is 35.0 Å². The molecule has 5 rings (SSSR count). The third kappa shape index (κ3) is 5.99. The van der Waals surface area contributed by atoms with Gasteiger partial charge in [-0.25, -0.2) is 19.1 Å². The Bertz CT molecular complexity index is 1490. The van der Waals surface area contributed by atoms with Crippen molar-refractivity contribution in [2.45, 2.75) is 37.0 Å². The van der Waals surface area contributed by atoms with Gasteiger partial charge >= 0.3 is 11.9 Å². The van der Waals surface area contributed by atoms with E-state index in [1.165, 1.54) is 18.7 Å². The number of carbonyl (C=O) groups excluding carboxylic acids is 2. The van der Waals surface area contributed by atoms with Gasteiger partial charge in [0.2, 0.25) is 6.10 Å². The maximum atomic E-state index is 13.2. The number of carbonyl (C=O) groups is 4. The second-order valence-electron chi connectivity index (χ2n) is 9.58. The van der Waals surface area contributed by atoms with Crippen molar-refractivity contribution in [3.05, 3.63) is 45.8 Å². The Kier molecular flexibility index (Phi) is 8.53. The van der Waals surface area contributed by atoms with Crippen LogP contribution in [0.2, 0.25) is 4.34 Å². The lowest BCUT2D eigenvalue weighted by Crippen LogP contribution is -2.71. The average Bonchev–Trinajstić information content (AvgIpc) is 3.26. The number of thiazole rings is 1. The van der Waals surface area contributed by atoms with Gasteiger partial charge in [0, 0.05) is 42.2 Å². The summed E-state index contributed by atoms with van der Waals surface area (Å²) in [5.41, 5.74) is 6.42. The van der Waals surface area contributed by atoms with Crippen molar-refractivity contribution in [1.29, 1.82) is 0 Å². The SMILES string of the molecule is C[C@H](ON=C(C(=O)N[C@@H]1C(=O)N2C(C(=O)O)=C(C[n+]3ccc(NC4CNC4)cc3)CS[C@H]12)c1nc(N)sc1Cl)C(=O)O. The first kappa shape index (κ1) is 29.6. The number of fused-ring (bicyclic) bond motifs is 1. The van der Waals surface area contributed by atoms with Crippen LogP contribution in [0.5, 0.6) is 0 Å². The number of nitrogens with one attached hydrogen (secondary N) is 3. The number of carboxylic acids is 2. The molecule has 42 heavy (non-hydrogen) atoms. The summed E-state index contributed by atoms with van der Waals surface area (Å²) < 4.78 is 1.83. The van der Waals surface area contributed by atoms with Crippen molar-refractivity contribution < 1.29 is 38.8 Å². The van der Waals surface area contributed by atoms with E-state index in [9.17, 15) is 24.3 Å². The average molecular weight is 638 g/mol. The van der Waals surface area contributed by atoms with E-state index in [4.69, 9.17) is 27.3 Å². The van der Waals surface area contributed by atoms with Gasteiger partial charge in [-0.15, -0.1) is 11.8 Å². The summed E-state index contributed by atoms with van der Waals surface area (Å²) in [6, 6.07) is 3.09. The number of halogens is 1. The van der Waals surface area contributed by atoms with Gasteiger partial charge in [0.1, 0.15) is 27.1 Å². The second-order valence-corrected chi connectivity index (χ2v) is 12.3. The van der Waals surface area contributed by atoms with Crippen molar-refractivity contribution in [3.63, 3.8) is 0 Å². The van der Waals surface area contributed by atoms with Crippen molar-refractivity contribution in [2.75, 3.05) is 29.9 Å². The van der Waals surface area contributed by atoms with E-state index in [0.29, 0.717) is 17.4 Å². The fourth-order valence-corrected chi connectivity index (χ4v) is 6.62. The lowest BCUT2D eigenvalue weighted by molar-refractivity contribution is -0.688. The van der Waals surface area contributed by atoms with Gasteiger partial charge in [0.15, 0.2) is 29.8 Å². The molecule has 2 aromatic rings. The van der Waals surface area contributed by atoms with E-state index in [1.54, 1.807) is 0 Å². The molecule has 15 nitrogen and oxygen atoms in total. The monoisotopic (exact) mass is 637 g/mol. The predicted molar refractivity (Wildman–Crippen MR) is 153 cm³/mol. The molecule has 3 aliphatic heterocycles. The Morgan fingerprint density at radius 1 is 1.33 bits per heavy atom. The van der Waals surface area contributed by atoms with E-state index < -0.39 is 47.0 Å². The molecule has 0 spiro atoms. The molecule has 2 saturated heterocycles. The Hall–Kier alpha value is -3.93. The highest BCUT2D eigenvalue weighted by molar-refractivity contribution is 8.00. The van der Waals surface area contributed by atoms with Crippen LogP contribution in [0.25, 0.3) is 0 Å². The summed E-state index contributed by atoms with van der Waals surface area (Å²) in [7, 11) is 0. The minimum Gasteiger partial charge on any atom is -0.478 e. The zero-order chi connectivity index (χ0) is 30.1. The Morgan fingerprint density at radius 3 is 2.62 bits per heavy atom. The number of nitrogen functional groups attached to an aromatic ring is 1. The number of aliphatic carboxylic acids is 2. The van der Waals surface area contributed by atoms with Crippen LogP contribution in [0.1, 0.15) is 12.6 Å². The molecule has 18 heteroatoms. The molecular weight excluding hydrogens is 612 g/mol. The summed E-state index contributed by atoms with van der Waals surface area (Å²) in [6.07, 6.45) is 2.27. The molecular formula is C24H26ClN8O7S2+. The van der Waals surface area contributed by atoms with E-state index >= 15 is 0 Å². The normalized spacial score (nSPS) is 21.1. The molecule has 2 aromatic heterocycles. The molecule has 0 bridgehead atoms. The molecule has 0 aliphatic carbocycles. The Balaban J connectivity index is 1.31. The van der Waals surface area contributed by atoms with Gasteiger partial charge in [-0.3, -0.25) is 14.5 Å². The summed E-state index contributed by atoms with van der Waals surface area (Å²) in [6.45, 7) is 3.25. The molecule has 2 fully saturated rings. The number of oxime groups is 1. The quantitative estimate of drug-likeness (QED) is 0.0810. The zero-order valence-corrected chi connectivity index (χ0v) is 24.3. The predicted octanol–water partition coefficient (Wildman–Crippen LogP) is -0.317. The number of hydrogen-bond donors (Lipinski definition) is 6.